The van der Waals surface area contributed by atoms with Crippen LogP contribution in [0.15, 0.2) is 6.33 Å². The van der Waals surface area contributed by atoms with E-state index in [1.165, 1.54) is 43.4 Å². The maximum Gasteiger partial charge on any atom is 0.130 e. The molecule has 0 aliphatic heterocycles. The highest BCUT2D eigenvalue weighted by Crippen LogP contribution is 2.44. The van der Waals surface area contributed by atoms with Crippen molar-refractivity contribution in [3.8, 4) is 0 Å². The molecule has 0 radical (unpaired) electrons. The average molecular weight is 203 g/mol. The molecule has 0 amide bonds. The summed E-state index contributed by atoms with van der Waals surface area (Å²) in [5, 5.41) is 0. The Bertz CT molecular complexity index is 375. The standard InChI is InChI=1S/C12H17N3/c13-12-10-6-5-8-3-1-2-4-9(8)11(10)14-7-15-12/h7-9H,1-6H2,(H2,13,14,15)/t8-,9+/m1/s1. The Hall–Kier alpha value is -1.12. The normalized spacial score (nSPS) is 29.3. The third kappa shape index (κ3) is 1.41. The summed E-state index contributed by atoms with van der Waals surface area (Å²) in [6.45, 7) is 0. The van der Waals surface area contributed by atoms with Crippen molar-refractivity contribution in [3.63, 3.8) is 0 Å². The number of nitrogen functional groups attached to an aromatic ring is 1. The van der Waals surface area contributed by atoms with E-state index >= 15 is 0 Å². The van der Waals surface area contributed by atoms with Crippen molar-refractivity contribution in [3.05, 3.63) is 17.6 Å². The molecule has 2 atom stereocenters. The smallest absolute Gasteiger partial charge is 0.130 e. The molecule has 15 heavy (non-hydrogen) atoms. The second kappa shape index (κ2) is 3.47. The van der Waals surface area contributed by atoms with E-state index in [0.717, 1.165) is 12.3 Å². The largest absolute Gasteiger partial charge is 0.383 e. The molecule has 2 aliphatic rings. The van der Waals surface area contributed by atoms with Gasteiger partial charge in [0.15, 0.2) is 0 Å². The van der Waals surface area contributed by atoms with Crippen LogP contribution in [-0.4, -0.2) is 9.97 Å². The minimum Gasteiger partial charge on any atom is -0.383 e. The Morgan fingerprint density at radius 1 is 1.13 bits per heavy atom. The molecule has 1 aromatic rings. The molecule has 3 rings (SSSR count). The number of hydrogen-bond acceptors (Lipinski definition) is 3. The van der Waals surface area contributed by atoms with E-state index in [9.17, 15) is 0 Å². The van der Waals surface area contributed by atoms with Crippen LogP contribution in [0.3, 0.4) is 0 Å². The van der Waals surface area contributed by atoms with Crippen molar-refractivity contribution in [2.24, 2.45) is 5.92 Å². The summed E-state index contributed by atoms with van der Waals surface area (Å²) in [6, 6.07) is 0. The summed E-state index contributed by atoms with van der Waals surface area (Å²) in [5.74, 6) is 2.25. The lowest BCUT2D eigenvalue weighted by Crippen LogP contribution is -2.26. The highest BCUT2D eigenvalue weighted by atomic mass is 14.9. The van der Waals surface area contributed by atoms with E-state index in [2.05, 4.69) is 9.97 Å². The lowest BCUT2D eigenvalue weighted by molar-refractivity contribution is 0.270. The summed E-state index contributed by atoms with van der Waals surface area (Å²) < 4.78 is 0. The Balaban J connectivity index is 2.03. The molecule has 0 bridgehead atoms. The fraction of sp³-hybridized carbons (Fsp3) is 0.667. The lowest BCUT2D eigenvalue weighted by atomic mass is 9.70. The Kier molecular flexibility index (Phi) is 2.11. The fourth-order valence-electron chi connectivity index (χ4n) is 3.26. The molecule has 1 aromatic heterocycles. The Labute approximate surface area is 90.1 Å². The minimum absolute atomic E-state index is 0.674. The number of hydrogen-bond donors (Lipinski definition) is 1. The van der Waals surface area contributed by atoms with E-state index in [4.69, 9.17) is 5.73 Å². The van der Waals surface area contributed by atoms with E-state index in [0.29, 0.717) is 11.7 Å². The van der Waals surface area contributed by atoms with Gasteiger partial charge < -0.3 is 5.73 Å². The van der Waals surface area contributed by atoms with Gasteiger partial charge in [0.1, 0.15) is 12.1 Å². The minimum atomic E-state index is 0.674. The van der Waals surface area contributed by atoms with Crippen LogP contribution in [0, 0.1) is 5.92 Å². The summed E-state index contributed by atoms with van der Waals surface area (Å²) in [4.78, 5) is 8.57. The van der Waals surface area contributed by atoms with Crippen molar-refractivity contribution in [2.75, 3.05) is 5.73 Å². The number of aromatic nitrogens is 2. The first-order valence-electron chi connectivity index (χ1n) is 5.95. The Morgan fingerprint density at radius 2 is 2.00 bits per heavy atom. The predicted molar refractivity (Wildman–Crippen MR) is 59.5 cm³/mol. The van der Waals surface area contributed by atoms with Gasteiger partial charge in [-0.15, -0.1) is 0 Å². The van der Waals surface area contributed by atoms with Gasteiger partial charge in [-0.25, -0.2) is 9.97 Å². The number of nitrogens with zero attached hydrogens (tertiary/aromatic N) is 2. The molecule has 2 aliphatic carbocycles. The van der Waals surface area contributed by atoms with Crippen molar-refractivity contribution < 1.29 is 0 Å². The summed E-state index contributed by atoms with van der Waals surface area (Å²) in [7, 11) is 0. The van der Waals surface area contributed by atoms with E-state index in [1.807, 2.05) is 0 Å². The molecule has 1 fully saturated rings. The number of nitrogens with two attached hydrogens (primary N) is 1. The SMILES string of the molecule is Nc1ncnc2c1CC[C@H]1CCCC[C@H]21. The van der Waals surface area contributed by atoms with Crippen LogP contribution in [0.25, 0.3) is 0 Å². The van der Waals surface area contributed by atoms with Gasteiger partial charge in [0.25, 0.3) is 0 Å². The maximum absolute atomic E-state index is 5.91. The van der Waals surface area contributed by atoms with E-state index < -0.39 is 0 Å². The van der Waals surface area contributed by atoms with Gasteiger partial charge in [-0.3, -0.25) is 0 Å². The zero-order chi connectivity index (χ0) is 10.3. The van der Waals surface area contributed by atoms with Gasteiger partial charge in [-0.1, -0.05) is 12.8 Å². The van der Waals surface area contributed by atoms with Gasteiger partial charge >= 0.3 is 0 Å². The predicted octanol–water partition coefficient (Wildman–Crippen LogP) is 2.28. The molecule has 0 spiro atoms. The number of anilines is 1. The van der Waals surface area contributed by atoms with Crippen molar-refractivity contribution >= 4 is 5.82 Å². The van der Waals surface area contributed by atoms with Crippen LogP contribution in [-0.2, 0) is 6.42 Å². The molecule has 80 valence electrons. The summed E-state index contributed by atoms with van der Waals surface area (Å²) >= 11 is 0. The molecule has 1 saturated carbocycles. The summed E-state index contributed by atoms with van der Waals surface area (Å²) in [6.07, 6.45) is 9.44. The van der Waals surface area contributed by atoms with E-state index in [1.54, 1.807) is 6.33 Å². The zero-order valence-electron chi connectivity index (χ0n) is 8.95. The topological polar surface area (TPSA) is 51.8 Å². The third-order valence-electron chi connectivity index (χ3n) is 4.04. The molecular weight excluding hydrogens is 186 g/mol. The highest BCUT2D eigenvalue weighted by molar-refractivity contribution is 5.44. The van der Waals surface area contributed by atoms with Gasteiger partial charge in [0, 0.05) is 11.5 Å². The first-order chi connectivity index (χ1) is 7.36. The molecule has 3 heteroatoms. The van der Waals surface area contributed by atoms with Gasteiger partial charge in [0.05, 0.1) is 5.69 Å². The van der Waals surface area contributed by atoms with Crippen molar-refractivity contribution in [1.82, 2.24) is 9.97 Å². The van der Waals surface area contributed by atoms with E-state index in [-0.39, 0.29) is 0 Å². The van der Waals surface area contributed by atoms with Gasteiger partial charge in [0.2, 0.25) is 0 Å². The first kappa shape index (κ1) is 9.13. The molecule has 0 saturated heterocycles. The van der Waals surface area contributed by atoms with Crippen LogP contribution >= 0.6 is 0 Å². The van der Waals surface area contributed by atoms with Crippen LogP contribution in [0.4, 0.5) is 5.82 Å². The molecule has 3 nitrogen and oxygen atoms in total. The van der Waals surface area contributed by atoms with Crippen LogP contribution < -0.4 is 5.73 Å². The van der Waals surface area contributed by atoms with Gasteiger partial charge in [-0.2, -0.15) is 0 Å². The van der Waals surface area contributed by atoms with Gasteiger partial charge in [-0.05, 0) is 31.6 Å². The number of rotatable bonds is 0. The average Bonchev–Trinajstić information content (AvgIpc) is 2.29. The molecule has 2 N–H and O–H groups in total. The zero-order valence-corrected chi connectivity index (χ0v) is 8.95. The van der Waals surface area contributed by atoms with Crippen molar-refractivity contribution in [1.29, 1.82) is 0 Å². The monoisotopic (exact) mass is 203 g/mol. The number of fused-ring (bicyclic) bond motifs is 3. The maximum atomic E-state index is 5.91. The molecule has 0 unspecified atom stereocenters. The van der Waals surface area contributed by atoms with Crippen LogP contribution in [0.1, 0.15) is 49.3 Å². The van der Waals surface area contributed by atoms with Crippen molar-refractivity contribution in [2.45, 2.75) is 44.4 Å². The summed E-state index contributed by atoms with van der Waals surface area (Å²) in [5.41, 5.74) is 8.41. The second-order valence-electron chi connectivity index (χ2n) is 4.81. The molecule has 1 heterocycles. The lowest BCUT2D eigenvalue weighted by Gasteiger charge is -2.36. The highest BCUT2D eigenvalue weighted by Gasteiger charge is 2.33. The molecule has 0 aromatic carbocycles. The Morgan fingerprint density at radius 3 is 2.93 bits per heavy atom. The second-order valence-corrected chi connectivity index (χ2v) is 4.81. The molecular formula is C12H17N3. The third-order valence-corrected chi connectivity index (χ3v) is 4.04. The first-order valence-corrected chi connectivity index (χ1v) is 5.95. The van der Waals surface area contributed by atoms with Crippen LogP contribution in [0.5, 0.6) is 0 Å². The fourth-order valence-corrected chi connectivity index (χ4v) is 3.26. The van der Waals surface area contributed by atoms with Crippen LogP contribution in [0.2, 0.25) is 0 Å². The quantitative estimate of drug-likeness (QED) is 0.703.